The van der Waals surface area contributed by atoms with Crippen LogP contribution in [0.5, 0.6) is 0 Å². The number of rotatable bonds is 3. The Morgan fingerprint density at radius 2 is 2.29 bits per heavy atom. The maximum Gasteiger partial charge on any atom is 0.283 e. The van der Waals surface area contributed by atoms with E-state index in [0.717, 1.165) is 20.1 Å². The third-order valence-corrected chi connectivity index (χ3v) is 4.87. The lowest BCUT2D eigenvalue weighted by Crippen LogP contribution is -2.16. The monoisotopic (exact) mass is 382 g/mol. The smallest absolute Gasteiger partial charge is 0.283 e. The zero-order valence-corrected chi connectivity index (χ0v) is 13.6. The quantitative estimate of drug-likeness (QED) is 0.527. The fourth-order valence-corrected chi connectivity index (χ4v) is 3.71. The largest absolute Gasteiger partial charge is 0.472 e. The first-order valence-electron chi connectivity index (χ1n) is 5.88. The summed E-state index contributed by atoms with van der Waals surface area (Å²) in [5.74, 6) is -0.336. The van der Waals surface area contributed by atoms with Gasteiger partial charge in [-0.1, -0.05) is 33.6 Å². The van der Waals surface area contributed by atoms with Gasteiger partial charge in [0, 0.05) is 20.1 Å². The predicted octanol–water partition coefficient (Wildman–Crippen LogP) is 4.67. The number of nitrogens with zero attached hydrogens (tertiary/aromatic N) is 1. The Morgan fingerprint density at radius 3 is 3.05 bits per heavy atom. The zero-order valence-electron chi connectivity index (χ0n) is 10.5. The molecule has 0 unspecified atom stereocenters. The maximum absolute atomic E-state index is 12.1. The molecule has 3 rings (SSSR count). The van der Waals surface area contributed by atoms with Gasteiger partial charge in [-0.25, -0.2) is 5.43 Å². The maximum atomic E-state index is 12.1. The molecule has 106 valence electrons. The van der Waals surface area contributed by atoms with Crippen LogP contribution < -0.4 is 5.43 Å². The van der Waals surface area contributed by atoms with Gasteiger partial charge in [0.05, 0.1) is 23.8 Å². The summed E-state index contributed by atoms with van der Waals surface area (Å²) in [4.78, 5) is 12.6. The van der Waals surface area contributed by atoms with Crippen molar-refractivity contribution >= 4 is 61.1 Å². The van der Waals surface area contributed by atoms with E-state index in [4.69, 9.17) is 16.0 Å². The Bertz CT molecular complexity index is 827. The van der Waals surface area contributed by atoms with Crippen molar-refractivity contribution in [2.24, 2.45) is 5.10 Å². The number of hydrazone groups is 1. The zero-order chi connectivity index (χ0) is 14.8. The molecule has 1 aromatic carbocycles. The molecule has 0 radical (unpaired) electrons. The fraction of sp³-hybridized carbons (Fsp3) is 0. The normalized spacial score (nSPS) is 11.3. The molecular formula is C14H8BrClN2O2S. The molecule has 0 aliphatic carbocycles. The SMILES string of the molecule is O=C(N/N=C/c1ccoc1)c1sc2cc(Br)ccc2c1Cl. The second-order valence-electron chi connectivity index (χ2n) is 4.14. The molecule has 0 aliphatic heterocycles. The molecule has 3 aromatic rings. The molecule has 4 nitrogen and oxygen atoms in total. The lowest BCUT2D eigenvalue weighted by molar-refractivity contribution is 0.0959. The minimum absolute atomic E-state index is 0.336. The summed E-state index contributed by atoms with van der Waals surface area (Å²) >= 11 is 11.0. The van der Waals surface area contributed by atoms with Gasteiger partial charge < -0.3 is 4.42 Å². The number of fused-ring (bicyclic) bond motifs is 1. The van der Waals surface area contributed by atoms with E-state index in [1.807, 2.05) is 18.2 Å². The van der Waals surface area contributed by atoms with Gasteiger partial charge in [0.15, 0.2) is 0 Å². The summed E-state index contributed by atoms with van der Waals surface area (Å²) in [5.41, 5.74) is 3.22. The third kappa shape index (κ3) is 3.02. The van der Waals surface area contributed by atoms with E-state index >= 15 is 0 Å². The fourth-order valence-electron chi connectivity index (χ4n) is 1.75. The first-order chi connectivity index (χ1) is 10.1. The molecule has 0 atom stereocenters. The van der Waals surface area contributed by atoms with E-state index in [-0.39, 0.29) is 5.91 Å². The van der Waals surface area contributed by atoms with Crippen LogP contribution in [0.4, 0.5) is 0 Å². The van der Waals surface area contributed by atoms with Crippen molar-refractivity contribution in [2.45, 2.75) is 0 Å². The van der Waals surface area contributed by atoms with Crippen molar-refractivity contribution < 1.29 is 9.21 Å². The van der Waals surface area contributed by atoms with Crippen molar-refractivity contribution in [1.29, 1.82) is 0 Å². The number of amides is 1. The number of furan rings is 1. The van der Waals surface area contributed by atoms with Crippen LogP contribution >= 0.6 is 38.9 Å². The molecule has 1 amide bonds. The van der Waals surface area contributed by atoms with Crippen molar-refractivity contribution in [3.63, 3.8) is 0 Å². The first kappa shape index (κ1) is 14.3. The topological polar surface area (TPSA) is 54.6 Å². The van der Waals surface area contributed by atoms with Crippen LogP contribution in [0.2, 0.25) is 5.02 Å². The van der Waals surface area contributed by atoms with Crippen molar-refractivity contribution in [1.82, 2.24) is 5.43 Å². The van der Waals surface area contributed by atoms with E-state index < -0.39 is 0 Å². The molecule has 2 heterocycles. The Kier molecular flexibility index (Phi) is 4.10. The number of thiophene rings is 1. The molecule has 0 bridgehead atoms. The van der Waals surface area contributed by atoms with Gasteiger partial charge in [0.2, 0.25) is 0 Å². The van der Waals surface area contributed by atoms with E-state index in [9.17, 15) is 4.79 Å². The van der Waals surface area contributed by atoms with E-state index in [0.29, 0.717) is 9.90 Å². The van der Waals surface area contributed by atoms with Gasteiger partial charge in [-0.15, -0.1) is 11.3 Å². The summed E-state index contributed by atoms with van der Waals surface area (Å²) in [5, 5.41) is 5.17. The highest BCUT2D eigenvalue weighted by atomic mass is 79.9. The highest BCUT2D eigenvalue weighted by Gasteiger charge is 2.16. The average Bonchev–Trinajstić information content (AvgIpc) is 3.07. The van der Waals surface area contributed by atoms with Crippen LogP contribution in [0.1, 0.15) is 15.2 Å². The molecule has 1 N–H and O–H groups in total. The molecule has 7 heteroatoms. The van der Waals surface area contributed by atoms with Crippen LogP contribution in [0.25, 0.3) is 10.1 Å². The third-order valence-electron chi connectivity index (χ3n) is 2.72. The Morgan fingerprint density at radius 1 is 1.43 bits per heavy atom. The highest BCUT2D eigenvalue weighted by Crippen LogP contribution is 2.36. The minimum Gasteiger partial charge on any atom is -0.472 e. The van der Waals surface area contributed by atoms with Crippen LogP contribution in [-0.2, 0) is 0 Å². The number of halogens is 2. The summed E-state index contributed by atoms with van der Waals surface area (Å²) in [6.45, 7) is 0. The summed E-state index contributed by atoms with van der Waals surface area (Å²) in [7, 11) is 0. The van der Waals surface area contributed by atoms with Crippen LogP contribution in [0, 0.1) is 0 Å². The molecule has 0 saturated carbocycles. The number of carbonyl (C=O) groups is 1. The Balaban J connectivity index is 1.83. The van der Waals surface area contributed by atoms with Gasteiger partial charge >= 0.3 is 0 Å². The van der Waals surface area contributed by atoms with Gasteiger partial charge in [-0.05, 0) is 18.2 Å². The number of carbonyl (C=O) groups excluding carboxylic acids is 1. The second kappa shape index (κ2) is 6.01. The highest BCUT2D eigenvalue weighted by molar-refractivity contribution is 9.10. The van der Waals surface area contributed by atoms with Crippen molar-refractivity contribution in [3.05, 3.63) is 56.7 Å². The average molecular weight is 384 g/mol. The van der Waals surface area contributed by atoms with E-state index in [1.54, 1.807) is 6.07 Å². The van der Waals surface area contributed by atoms with Gasteiger partial charge in [0.25, 0.3) is 5.91 Å². The van der Waals surface area contributed by atoms with Gasteiger partial charge in [0.1, 0.15) is 4.88 Å². The van der Waals surface area contributed by atoms with Crippen molar-refractivity contribution in [3.8, 4) is 0 Å². The number of hydrogen-bond acceptors (Lipinski definition) is 4. The second-order valence-corrected chi connectivity index (χ2v) is 6.49. The minimum atomic E-state index is -0.336. The summed E-state index contributed by atoms with van der Waals surface area (Å²) in [6.07, 6.45) is 4.56. The van der Waals surface area contributed by atoms with E-state index in [1.165, 1.54) is 30.1 Å². The van der Waals surface area contributed by atoms with Gasteiger partial charge in [-0.2, -0.15) is 5.10 Å². The standard InChI is InChI=1S/C14H8BrClN2O2S/c15-9-1-2-10-11(5-9)21-13(12(10)16)14(19)18-17-6-8-3-4-20-7-8/h1-7H,(H,18,19)/b17-6+. The molecular weight excluding hydrogens is 376 g/mol. The van der Waals surface area contributed by atoms with Gasteiger partial charge in [-0.3, -0.25) is 4.79 Å². The molecule has 21 heavy (non-hydrogen) atoms. The molecule has 0 saturated heterocycles. The Hall–Kier alpha value is -1.63. The molecule has 0 fully saturated rings. The predicted molar refractivity (Wildman–Crippen MR) is 88.3 cm³/mol. The van der Waals surface area contributed by atoms with Crippen LogP contribution in [0.3, 0.4) is 0 Å². The number of hydrogen-bond donors (Lipinski definition) is 1. The van der Waals surface area contributed by atoms with E-state index in [2.05, 4.69) is 26.5 Å². The van der Waals surface area contributed by atoms with Crippen molar-refractivity contribution in [2.75, 3.05) is 0 Å². The summed E-state index contributed by atoms with van der Waals surface area (Å²) in [6, 6.07) is 7.43. The number of benzene rings is 1. The lowest BCUT2D eigenvalue weighted by Gasteiger charge is -1.96. The molecule has 2 aromatic heterocycles. The van der Waals surface area contributed by atoms with Crippen LogP contribution in [0.15, 0.2) is 50.8 Å². The summed E-state index contributed by atoms with van der Waals surface area (Å²) < 4.78 is 6.78. The van der Waals surface area contributed by atoms with Crippen LogP contribution in [-0.4, -0.2) is 12.1 Å². The molecule has 0 spiro atoms. The Labute approximate surface area is 137 Å². The lowest BCUT2D eigenvalue weighted by atomic mass is 10.2. The number of nitrogens with one attached hydrogen (secondary N) is 1. The molecule has 0 aliphatic rings. The first-order valence-corrected chi connectivity index (χ1v) is 7.87.